The van der Waals surface area contributed by atoms with E-state index in [-0.39, 0.29) is 5.91 Å². The monoisotopic (exact) mass is 397 g/mol. The van der Waals surface area contributed by atoms with E-state index in [4.69, 9.17) is 9.47 Å². The molecule has 0 radical (unpaired) electrons. The molecule has 0 saturated carbocycles. The molecule has 0 spiro atoms. The summed E-state index contributed by atoms with van der Waals surface area (Å²) in [7, 11) is 0. The van der Waals surface area contributed by atoms with E-state index in [1.165, 1.54) is 12.4 Å². The average molecular weight is 397 g/mol. The van der Waals surface area contributed by atoms with E-state index in [1.807, 2.05) is 13.8 Å². The van der Waals surface area contributed by atoms with E-state index in [2.05, 4.69) is 10.3 Å². The normalized spacial score (nSPS) is 10.6. The lowest BCUT2D eigenvalue weighted by Gasteiger charge is -2.14. The van der Waals surface area contributed by atoms with Crippen molar-refractivity contribution in [2.75, 3.05) is 18.5 Å². The topological polar surface area (TPSA) is 65.4 Å². The molecule has 7 heteroatoms. The van der Waals surface area contributed by atoms with E-state index in [0.29, 0.717) is 41.7 Å². The molecular weight excluding hydrogens is 373 g/mol. The summed E-state index contributed by atoms with van der Waals surface area (Å²) in [6.07, 6.45) is 6.44. The van der Waals surface area contributed by atoms with Crippen molar-refractivity contribution in [1.82, 2.24) is 9.55 Å². The Labute approximate surface area is 169 Å². The van der Waals surface area contributed by atoms with Crippen molar-refractivity contribution < 1.29 is 18.7 Å². The first-order valence-electron chi connectivity index (χ1n) is 9.61. The predicted molar refractivity (Wildman–Crippen MR) is 109 cm³/mol. The fraction of sp³-hybridized carbons (Fsp3) is 0.273. The Kier molecular flexibility index (Phi) is 6.84. The number of anilines is 1. The summed E-state index contributed by atoms with van der Waals surface area (Å²) in [6, 6.07) is 9.54. The SMILES string of the molecule is CCCOc1ccc(C(=O)Nc2ccc(-n3ccnc3)c(F)c2)cc1OCCC. The van der Waals surface area contributed by atoms with E-state index in [0.717, 1.165) is 12.8 Å². The molecule has 152 valence electrons. The van der Waals surface area contributed by atoms with Crippen LogP contribution in [0, 0.1) is 5.82 Å². The standard InChI is InChI=1S/C22H24FN3O3/c1-3-11-28-20-8-5-16(13-21(20)29-12-4-2)22(27)25-17-6-7-19(18(23)14-17)26-10-9-24-15-26/h5-10,13-15H,3-4,11-12H2,1-2H3,(H,25,27). The van der Waals surface area contributed by atoms with Crippen molar-refractivity contribution in [3.63, 3.8) is 0 Å². The van der Waals surface area contributed by atoms with Crippen LogP contribution in [0.4, 0.5) is 10.1 Å². The van der Waals surface area contributed by atoms with Crippen LogP contribution in [0.5, 0.6) is 11.5 Å². The molecule has 3 rings (SSSR count). The van der Waals surface area contributed by atoms with Gasteiger partial charge >= 0.3 is 0 Å². The maximum atomic E-state index is 14.4. The van der Waals surface area contributed by atoms with Gasteiger partial charge in [0.25, 0.3) is 5.91 Å². The zero-order valence-electron chi connectivity index (χ0n) is 16.5. The Morgan fingerprint density at radius 3 is 2.48 bits per heavy atom. The van der Waals surface area contributed by atoms with Crippen LogP contribution < -0.4 is 14.8 Å². The minimum absolute atomic E-state index is 0.355. The summed E-state index contributed by atoms with van der Waals surface area (Å²) in [5.41, 5.74) is 1.12. The lowest BCUT2D eigenvalue weighted by molar-refractivity contribution is 0.102. The highest BCUT2D eigenvalue weighted by atomic mass is 19.1. The second-order valence-corrected chi connectivity index (χ2v) is 6.45. The third kappa shape index (κ3) is 5.13. The first-order valence-corrected chi connectivity index (χ1v) is 9.61. The van der Waals surface area contributed by atoms with Gasteiger partial charge in [-0.15, -0.1) is 0 Å². The van der Waals surface area contributed by atoms with Crippen molar-refractivity contribution in [1.29, 1.82) is 0 Å². The lowest BCUT2D eigenvalue weighted by Crippen LogP contribution is -2.13. The van der Waals surface area contributed by atoms with Crippen molar-refractivity contribution >= 4 is 11.6 Å². The summed E-state index contributed by atoms with van der Waals surface area (Å²) in [4.78, 5) is 16.6. The van der Waals surface area contributed by atoms with E-state index < -0.39 is 5.82 Å². The number of imidazole rings is 1. The number of rotatable bonds is 9. The van der Waals surface area contributed by atoms with Gasteiger partial charge in [0.05, 0.1) is 25.2 Å². The van der Waals surface area contributed by atoms with Crippen LogP contribution >= 0.6 is 0 Å². The summed E-state index contributed by atoms with van der Waals surface area (Å²) in [6.45, 7) is 5.11. The number of hydrogen-bond acceptors (Lipinski definition) is 4. The predicted octanol–water partition coefficient (Wildman–Crippen LogP) is 4.84. The molecule has 1 aromatic heterocycles. The van der Waals surface area contributed by atoms with Crippen LogP contribution in [0.25, 0.3) is 5.69 Å². The van der Waals surface area contributed by atoms with E-state index in [9.17, 15) is 9.18 Å². The number of nitrogens with one attached hydrogen (secondary N) is 1. The Hall–Kier alpha value is -3.35. The number of benzene rings is 2. The van der Waals surface area contributed by atoms with Crippen molar-refractivity contribution in [3.05, 3.63) is 66.5 Å². The van der Waals surface area contributed by atoms with Gasteiger partial charge in [0.15, 0.2) is 11.5 Å². The molecule has 6 nitrogen and oxygen atoms in total. The number of carbonyl (C=O) groups is 1. The third-order valence-electron chi connectivity index (χ3n) is 4.12. The molecule has 0 aliphatic heterocycles. The Morgan fingerprint density at radius 2 is 1.83 bits per heavy atom. The van der Waals surface area contributed by atoms with Gasteiger partial charge in [0.1, 0.15) is 5.82 Å². The maximum absolute atomic E-state index is 14.4. The van der Waals surface area contributed by atoms with E-state index in [1.54, 1.807) is 47.3 Å². The first kappa shape index (κ1) is 20.4. The fourth-order valence-electron chi connectivity index (χ4n) is 2.70. The second-order valence-electron chi connectivity index (χ2n) is 6.45. The van der Waals surface area contributed by atoms with Gasteiger partial charge in [0, 0.05) is 23.6 Å². The summed E-state index contributed by atoms with van der Waals surface area (Å²) in [5.74, 6) is 0.307. The molecule has 2 aromatic carbocycles. The van der Waals surface area contributed by atoms with Gasteiger partial charge in [-0.05, 0) is 49.2 Å². The molecule has 3 aromatic rings. The minimum atomic E-state index is -0.462. The summed E-state index contributed by atoms with van der Waals surface area (Å²) in [5, 5.41) is 2.72. The van der Waals surface area contributed by atoms with Crippen molar-refractivity contribution in [2.24, 2.45) is 0 Å². The quantitative estimate of drug-likeness (QED) is 0.561. The first-order chi connectivity index (χ1) is 14.1. The molecule has 0 atom stereocenters. The zero-order chi connectivity index (χ0) is 20.6. The maximum Gasteiger partial charge on any atom is 0.255 e. The second kappa shape index (κ2) is 9.73. The molecule has 1 N–H and O–H groups in total. The molecule has 1 heterocycles. The molecule has 0 saturated heterocycles. The van der Waals surface area contributed by atoms with Crippen LogP contribution in [-0.4, -0.2) is 28.7 Å². The molecule has 0 unspecified atom stereocenters. The van der Waals surface area contributed by atoms with Gasteiger partial charge in [-0.3, -0.25) is 4.79 Å². The van der Waals surface area contributed by atoms with Crippen LogP contribution in [-0.2, 0) is 0 Å². The zero-order valence-corrected chi connectivity index (χ0v) is 16.5. The third-order valence-corrected chi connectivity index (χ3v) is 4.12. The van der Waals surface area contributed by atoms with Crippen LogP contribution in [0.15, 0.2) is 55.1 Å². The van der Waals surface area contributed by atoms with Crippen LogP contribution in [0.2, 0.25) is 0 Å². The number of amides is 1. The fourth-order valence-corrected chi connectivity index (χ4v) is 2.70. The van der Waals surface area contributed by atoms with Gasteiger partial charge < -0.3 is 19.4 Å². The Balaban J connectivity index is 1.76. The number of ether oxygens (including phenoxy) is 2. The Morgan fingerprint density at radius 1 is 1.07 bits per heavy atom. The summed E-state index contributed by atoms with van der Waals surface area (Å²) < 4.78 is 27.4. The van der Waals surface area contributed by atoms with E-state index >= 15 is 0 Å². The number of carbonyl (C=O) groups excluding carboxylic acids is 1. The van der Waals surface area contributed by atoms with Gasteiger partial charge in [0.2, 0.25) is 0 Å². The summed E-state index contributed by atoms with van der Waals surface area (Å²) >= 11 is 0. The van der Waals surface area contributed by atoms with Crippen LogP contribution in [0.3, 0.4) is 0 Å². The van der Waals surface area contributed by atoms with Crippen LogP contribution in [0.1, 0.15) is 37.0 Å². The number of aromatic nitrogens is 2. The van der Waals surface area contributed by atoms with Gasteiger partial charge in [-0.2, -0.15) is 0 Å². The highest BCUT2D eigenvalue weighted by Crippen LogP contribution is 2.29. The highest BCUT2D eigenvalue weighted by Gasteiger charge is 2.13. The van der Waals surface area contributed by atoms with Gasteiger partial charge in [-0.1, -0.05) is 13.8 Å². The Bertz CT molecular complexity index is 958. The molecule has 0 aliphatic carbocycles. The minimum Gasteiger partial charge on any atom is -0.490 e. The smallest absolute Gasteiger partial charge is 0.255 e. The molecular formula is C22H24FN3O3. The number of halogens is 1. The van der Waals surface area contributed by atoms with Crippen molar-refractivity contribution in [3.8, 4) is 17.2 Å². The number of nitrogens with zero attached hydrogens (tertiary/aromatic N) is 2. The molecule has 0 bridgehead atoms. The molecule has 1 amide bonds. The number of hydrogen-bond donors (Lipinski definition) is 1. The largest absolute Gasteiger partial charge is 0.490 e. The van der Waals surface area contributed by atoms with Crippen molar-refractivity contribution in [2.45, 2.75) is 26.7 Å². The molecule has 0 fully saturated rings. The molecule has 29 heavy (non-hydrogen) atoms. The lowest BCUT2D eigenvalue weighted by atomic mass is 10.1. The van der Waals surface area contributed by atoms with Gasteiger partial charge in [-0.25, -0.2) is 9.37 Å². The highest BCUT2D eigenvalue weighted by molar-refractivity contribution is 6.04. The average Bonchev–Trinajstić information content (AvgIpc) is 3.25. The molecule has 0 aliphatic rings.